The van der Waals surface area contributed by atoms with Crippen LogP contribution < -0.4 is 15.5 Å². The van der Waals surface area contributed by atoms with Crippen molar-refractivity contribution >= 4 is 28.9 Å². The largest absolute Gasteiger partial charge is 0.355 e. The van der Waals surface area contributed by atoms with Crippen molar-refractivity contribution in [2.45, 2.75) is 27.2 Å². The fourth-order valence-corrected chi connectivity index (χ4v) is 2.43. The Labute approximate surface area is 155 Å². The molecule has 0 heterocycles. The maximum absolute atomic E-state index is 12.3. The molecule has 0 saturated heterocycles. The molecule has 2 N–H and O–H groups in total. The van der Waals surface area contributed by atoms with Crippen molar-refractivity contribution in [3.05, 3.63) is 54.6 Å². The quantitative estimate of drug-likeness (QED) is 0.827. The van der Waals surface area contributed by atoms with Gasteiger partial charge in [-0.05, 0) is 24.3 Å². The average Bonchev–Trinajstić information content (AvgIpc) is 2.61. The maximum atomic E-state index is 12.3. The van der Waals surface area contributed by atoms with Crippen LogP contribution in [0.2, 0.25) is 0 Å². The lowest BCUT2D eigenvalue weighted by atomic mass is 9.96. The number of hydrogen-bond acceptors (Lipinski definition) is 3. The van der Waals surface area contributed by atoms with Gasteiger partial charge in [0.05, 0.1) is 11.4 Å². The first kappa shape index (κ1) is 19.5. The van der Waals surface area contributed by atoms with Gasteiger partial charge >= 0.3 is 0 Å². The van der Waals surface area contributed by atoms with Crippen molar-refractivity contribution < 1.29 is 9.59 Å². The van der Waals surface area contributed by atoms with E-state index in [1.54, 1.807) is 0 Å². The summed E-state index contributed by atoms with van der Waals surface area (Å²) in [7, 11) is 1.96. The number of nitrogens with zero attached hydrogens (tertiary/aromatic N) is 1. The highest BCUT2D eigenvalue weighted by atomic mass is 16.2. The Balaban J connectivity index is 1.99. The molecular formula is C21H27N3O2. The average molecular weight is 353 g/mol. The molecule has 0 saturated carbocycles. The SMILES string of the molecule is CN(c1ccccc1)c1ccccc1NC(=O)CCNC(=O)C(C)(C)C. The van der Waals surface area contributed by atoms with Crippen LogP contribution in [-0.2, 0) is 9.59 Å². The zero-order valence-electron chi connectivity index (χ0n) is 15.9. The Morgan fingerprint density at radius 2 is 1.58 bits per heavy atom. The second-order valence-corrected chi connectivity index (χ2v) is 7.22. The fourth-order valence-electron chi connectivity index (χ4n) is 2.43. The predicted octanol–water partition coefficient (Wildman–Crippen LogP) is 3.95. The topological polar surface area (TPSA) is 61.4 Å². The summed E-state index contributed by atoms with van der Waals surface area (Å²) >= 11 is 0. The molecular weight excluding hydrogens is 326 g/mol. The third-order valence-corrected chi connectivity index (χ3v) is 4.00. The lowest BCUT2D eigenvalue weighted by Gasteiger charge is -2.23. The zero-order valence-corrected chi connectivity index (χ0v) is 15.9. The van der Waals surface area contributed by atoms with Crippen LogP contribution in [-0.4, -0.2) is 25.4 Å². The Hall–Kier alpha value is -2.82. The van der Waals surface area contributed by atoms with E-state index >= 15 is 0 Å². The summed E-state index contributed by atoms with van der Waals surface area (Å²) in [5, 5.41) is 5.73. The summed E-state index contributed by atoms with van der Waals surface area (Å²) in [5.74, 6) is -0.192. The van der Waals surface area contributed by atoms with Crippen LogP contribution in [0.15, 0.2) is 54.6 Å². The monoisotopic (exact) mass is 353 g/mol. The lowest BCUT2D eigenvalue weighted by molar-refractivity contribution is -0.128. The molecule has 0 aromatic heterocycles. The van der Waals surface area contributed by atoms with Crippen LogP contribution in [0.3, 0.4) is 0 Å². The first-order chi connectivity index (χ1) is 12.3. The third-order valence-electron chi connectivity index (χ3n) is 4.00. The van der Waals surface area contributed by atoms with E-state index in [9.17, 15) is 9.59 Å². The van der Waals surface area contributed by atoms with Gasteiger partial charge in [0.1, 0.15) is 0 Å². The van der Waals surface area contributed by atoms with E-state index in [-0.39, 0.29) is 18.2 Å². The summed E-state index contributed by atoms with van der Waals surface area (Å²) in [6.45, 7) is 5.85. The Kier molecular flexibility index (Phi) is 6.39. The molecule has 0 atom stereocenters. The summed E-state index contributed by atoms with van der Waals surface area (Å²) in [4.78, 5) is 26.2. The number of para-hydroxylation sites is 3. The summed E-state index contributed by atoms with van der Waals surface area (Å²) in [6, 6.07) is 17.6. The van der Waals surface area contributed by atoms with E-state index in [1.165, 1.54) is 0 Å². The highest BCUT2D eigenvalue weighted by Gasteiger charge is 2.20. The van der Waals surface area contributed by atoms with Gasteiger partial charge in [-0.2, -0.15) is 0 Å². The van der Waals surface area contributed by atoms with Crippen LogP contribution in [0.1, 0.15) is 27.2 Å². The molecule has 0 bridgehead atoms. The number of amides is 2. The minimum atomic E-state index is -0.457. The van der Waals surface area contributed by atoms with E-state index < -0.39 is 5.41 Å². The zero-order chi connectivity index (χ0) is 19.2. The molecule has 2 aromatic carbocycles. The molecule has 0 aliphatic rings. The molecule has 0 radical (unpaired) electrons. The van der Waals surface area contributed by atoms with Crippen molar-refractivity contribution in [1.82, 2.24) is 5.32 Å². The number of anilines is 3. The number of nitrogens with one attached hydrogen (secondary N) is 2. The predicted molar refractivity (Wildman–Crippen MR) is 107 cm³/mol. The molecule has 0 unspecified atom stereocenters. The van der Waals surface area contributed by atoms with E-state index in [0.717, 1.165) is 17.1 Å². The summed E-state index contributed by atoms with van der Waals surface area (Å²) in [6.07, 6.45) is 0.227. The Morgan fingerprint density at radius 3 is 2.23 bits per heavy atom. The van der Waals surface area contributed by atoms with Crippen molar-refractivity contribution in [2.75, 3.05) is 23.8 Å². The van der Waals surface area contributed by atoms with Gasteiger partial charge in [-0.1, -0.05) is 51.1 Å². The van der Waals surface area contributed by atoms with Gasteiger partial charge in [0.25, 0.3) is 0 Å². The minimum absolute atomic E-state index is 0.0606. The molecule has 0 fully saturated rings. The molecule has 26 heavy (non-hydrogen) atoms. The number of carbonyl (C=O) groups is 2. The second kappa shape index (κ2) is 8.52. The van der Waals surface area contributed by atoms with Gasteiger partial charge in [0.2, 0.25) is 11.8 Å². The Bertz CT molecular complexity index is 751. The van der Waals surface area contributed by atoms with E-state index in [1.807, 2.05) is 87.3 Å². The first-order valence-corrected chi connectivity index (χ1v) is 8.75. The maximum Gasteiger partial charge on any atom is 0.226 e. The van der Waals surface area contributed by atoms with Gasteiger partial charge < -0.3 is 15.5 Å². The molecule has 2 aromatic rings. The lowest BCUT2D eigenvalue weighted by Crippen LogP contribution is -2.36. The van der Waals surface area contributed by atoms with E-state index in [4.69, 9.17) is 0 Å². The van der Waals surface area contributed by atoms with Crippen molar-refractivity contribution in [3.63, 3.8) is 0 Å². The smallest absolute Gasteiger partial charge is 0.226 e. The molecule has 5 nitrogen and oxygen atoms in total. The van der Waals surface area contributed by atoms with Crippen LogP contribution in [0.5, 0.6) is 0 Å². The first-order valence-electron chi connectivity index (χ1n) is 8.75. The number of carbonyl (C=O) groups excluding carboxylic acids is 2. The molecule has 138 valence electrons. The summed E-state index contributed by atoms with van der Waals surface area (Å²) in [5.41, 5.74) is 2.23. The Morgan fingerprint density at radius 1 is 0.962 bits per heavy atom. The van der Waals surface area contributed by atoms with Gasteiger partial charge in [-0.3, -0.25) is 9.59 Å². The van der Waals surface area contributed by atoms with Gasteiger partial charge in [0, 0.05) is 31.1 Å². The van der Waals surface area contributed by atoms with Crippen molar-refractivity contribution in [2.24, 2.45) is 5.41 Å². The number of benzene rings is 2. The molecule has 0 aliphatic carbocycles. The van der Waals surface area contributed by atoms with E-state index in [2.05, 4.69) is 10.6 Å². The van der Waals surface area contributed by atoms with Gasteiger partial charge in [-0.15, -0.1) is 0 Å². The molecule has 2 rings (SSSR count). The second-order valence-electron chi connectivity index (χ2n) is 7.22. The summed E-state index contributed by atoms with van der Waals surface area (Å²) < 4.78 is 0. The fraction of sp³-hybridized carbons (Fsp3) is 0.333. The molecule has 0 aliphatic heterocycles. The minimum Gasteiger partial charge on any atom is -0.355 e. The van der Waals surface area contributed by atoms with Crippen LogP contribution in [0.25, 0.3) is 0 Å². The number of rotatable bonds is 6. The molecule has 5 heteroatoms. The van der Waals surface area contributed by atoms with Gasteiger partial charge in [-0.25, -0.2) is 0 Å². The molecule has 0 spiro atoms. The number of hydrogen-bond donors (Lipinski definition) is 2. The third kappa shape index (κ3) is 5.34. The van der Waals surface area contributed by atoms with Crippen LogP contribution in [0.4, 0.5) is 17.1 Å². The highest BCUT2D eigenvalue weighted by molar-refractivity contribution is 5.95. The van der Waals surface area contributed by atoms with Gasteiger partial charge in [0.15, 0.2) is 0 Å². The standard InChI is InChI=1S/C21H27N3O2/c1-21(2,3)20(26)22-15-14-19(25)23-17-12-8-9-13-18(17)24(4)16-10-6-5-7-11-16/h5-13H,14-15H2,1-4H3,(H,22,26)(H,23,25). The normalized spacial score (nSPS) is 10.9. The van der Waals surface area contributed by atoms with Crippen molar-refractivity contribution in [3.8, 4) is 0 Å². The van der Waals surface area contributed by atoms with Crippen LogP contribution in [0, 0.1) is 5.41 Å². The van der Waals surface area contributed by atoms with E-state index in [0.29, 0.717) is 6.54 Å². The van der Waals surface area contributed by atoms with Crippen LogP contribution >= 0.6 is 0 Å². The molecule has 2 amide bonds. The van der Waals surface area contributed by atoms with Crippen molar-refractivity contribution in [1.29, 1.82) is 0 Å². The highest BCUT2D eigenvalue weighted by Crippen LogP contribution is 2.30.